The van der Waals surface area contributed by atoms with Gasteiger partial charge in [0.15, 0.2) is 0 Å². The van der Waals surface area contributed by atoms with Crippen LogP contribution in [-0.4, -0.2) is 22.6 Å². The van der Waals surface area contributed by atoms with Crippen molar-refractivity contribution in [2.24, 2.45) is 0 Å². The Balaban J connectivity index is 1.95. The zero-order chi connectivity index (χ0) is 12.8. The monoisotopic (exact) mass is 247 g/mol. The van der Waals surface area contributed by atoms with E-state index in [1.807, 2.05) is 12.1 Å². The summed E-state index contributed by atoms with van der Waals surface area (Å²) < 4.78 is 0. The zero-order valence-electron chi connectivity index (χ0n) is 11.4. The molecule has 2 nitrogen and oxygen atoms in total. The molecule has 1 aromatic rings. The molecule has 1 saturated carbocycles. The van der Waals surface area contributed by atoms with E-state index < -0.39 is 0 Å². The van der Waals surface area contributed by atoms with Crippen LogP contribution in [0.3, 0.4) is 0 Å². The van der Waals surface area contributed by atoms with E-state index in [2.05, 4.69) is 24.0 Å². The Bertz CT molecular complexity index is 341. The van der Waals surface area contributed by atoms with Gasteiger partial charge in [0.05, 0.1) is 6.61 Å². The molecule has 0 radical (unpaired) electrons. The Kier molecular flexibility index (Phi) is 5.21. The van der Waals surface area contributed by atoms with Crippen LogP contribution < -0.4 is 0 Å². The van der Waals surface area contributed by atoms with Gasteiger partial charge in [0.25, 0.3) is 0 Å². The first kappa shape index (κ1) is 13.6. The lowest BCUT2D eigenvalue weighted by molar-refractivity contribution is 0.156. The summed E-state index contributed by atoms with van der Waals surface area (Å²) >= 11 is 0. The molecule has 2 rings (SSSR count). The highest BCUT2D eigenvalue weighted by atomic mass is 16.3. The number of nitrogens with zero attached hydrogens (tertiary/aromatic N) is 1. The van der Waals surface area contributed by atoms with Crippen molar-refractivity contribution in [2.45, 2.75) is 58.2 Å². The van der Waals surface area contributed by atoms with E-state index in [0.29, 0.717) is 0 Å². The van der Waals surface area contributed by atoms with E-state index >= 15 is 0 Å². The summed E-state index contributed by atoms with van der Waals surface area (Å²) in [4.78, 5) is 2.60. The summed E-state index contributed by atoms with van der Waals surface area (Å²) in [6, 6.07) is 9.14. The molecule has 0 aliphatic heterocycles. The third-order valence-corrected chi connectivity index (χ3v) is 4.09. The lowest BCUT2D eigenvalue weighted by Crippen LogP contribution is -2.36. The molecule has 0 spiro atoms. The fourth-order valence-corrected chi connectivity index (χ4v) is 2.93. The number of hydrogen-bond donors (Lipinski definition) is 1. The van der Waals surface area contributed by atoms with Crippen molar-refractivity contribution in [3.8, 4) is 0 Å². The van der Waals surface area contributed by atoms with Crippen molar-refractivity contribution >= 4 is 0 Å². The molecule has 1 aliphatic carbocycles. The molecule has 0 unspecified atom stereocenters. The van der Waals surface area contributed by atoms with Crippen molar-refractivity contribution < 1.29 is 5.11 Å². The van der Waals surface area contributed by atoms with Crippen LogP contribution in [0.4, 0.5) is 0 Å². The smallest absolute Gasteiger partial charge is 0.0681 e. The molecule has 0 amide bonds. The average molecular weight is 247 g/mol. The number of aliphatic hydroxyl groups is 1. The second kappa shape index (κ2) is 6.91. The van der Waals surface area contributed by atoms with Crippen LogP contribution in [-0.2, 0) is 13.2 Å². The van der Waals surface area contributed by atoms with Crippen LogP contribution in [0, 0.1) is 0 Å². The molecule has 0 saturated heterocycles. The highest BCUT2D eigenvalue weighted by Crippen LogP contribution is 2.23. The van der Waals surface area contributed by atoms with Gasteiger partial charge in [-0.25, -0.2) is 0 Å². The van der Waals surface area contributed by atoms with Crippen LogP contribution in [0.2, 0.25) is 0 Å². The van der Waals surface area contributed by atoms with E-state index in [1.54, 1.807) is 0 Å². The number of rotatable bonds is 5. The fraction of sp³-hybridized carbons (Fsp3) is 0.625. The highest BCUT2D eigenvalue weighted by molar-refractivity contribution is 5.21. The van der Waals surface area contributed by atoms with Crippen molar-refractivity contribution in [3.63, 3.8) is 0 Å². The second-order valence-electron chi connectivity index (χ2n) is 5.33. The standard InChI is InChI=1S/C16H25NO/c1-2-17(16-6-4-3-5-7-16)12-14-8-10-15(13-18)11-9-14/h8-11,16,18H,2-7,12-13H2,1H3. The molecule has 18 heavy (non-hydrogen) atoms. The second-order valence-corrected chi connectivity index (χ2v) is 5.33. The molecule has 0 atom stereocenters. The number of aliphatic hydroxyl groups excluding tert-OH is 1. The van der Waals surface area contributed by atoms with Crippen LogP contribution in [0.5, 0.6) is 0 Å². The maximum absolute atomic E-state index is 9.05. The van der Waals surface area contributed by atoms with Gasteiger partial charge in [-0.1, -0.05) is 50.5 Å². The first-order valence-corrected chi connectivity index (χ1v) is 7.26. The van der Waals surface area contributed by atoms with E-state index in [0.717, 1.165) is 24.7 Å². The van der Waals surface area contributed by atoms with Gasteiger partial charge in [-0.2, -0.15) is 0 Å². The molecule has 1 aliphatic rings. The molecule has 0 heterocycles. The predicted octanol–water partition coefficient (Wildman–Crippen LogP) is 3.33. The van der Waals surface area contributed by atoms with Gasteiger partial charge in [-0.05, 0) is 30.5 Å². The lowest BCUT2D eigenvalue weighted by atomic mass is 9.94. The molecule has 1 N–H and O–H groups in total. The first-order valence-electron chi connectivity index (χ1n) is 7.26. The summed E-state index contributed by atoms with van der Waals surface area (Å²) in [6.45, 7) is 4.58. The van der Waals surface area contributed by atoms with E-state index in [-0.39, 0.29) is 6.61 Å². The Hall–Kier alpha value is -0.860. The van der Waals surface area contributed by atoms with Crippen molar-refractivity contribution in [1.29, 1.82) is 0 Å². The summed E-state index contributed by atoms with van der Waals surface area (Å²) in [5.41, 5.74) is 2.36. The van der Waals surface area contributed by atoms with E-state index in [4.69, 9.17) is 5.11 Å². The third-order valence-electron chi connectivity index (χ3n) is 4.09. The molecule has 0 bridgehead atoms. The van der Waals surface area contributed by atoms with E-state index in [1.165, 1.54) is 37.7 Å². The minimum absolute atomic E-state index is 0.139. The summed E-state index contributed by atoms with van der Waals surface area (Å²) in [7, 11) is 0. The molecule has 2 heteroatoms. The first-order chi connectivity index (χ1) is 8.83. The fourth-order valence-electron chi connectivity index (χ4n) is 2.93. The number of hydrogen-bond acceptors (Lipinski definition) is 2. The van der Waals surface area contributed by atoms with Crippen molar-refractivity contribution in [3.05, 3.63) is 35.4 Å². The maximum atomic E-state index is 9.05. The van der Waals surface area contributed by atoms with Gasteiger partial charge >= 0.3 is 0 Å². The molecule has 1 fully saturated rings. The van der Waals surface area contributed by atoms with Gasteiger partial charge in [-0.3, -0.25) is 4.90 Å². The Morgan fingerprint density at radius 2 is 1.67 bits per heavy atom. The van der Waals surface area contributed by atoms with Gasteiger partial charge in [0, 0.05) is 12.6 Å². The minimum atomic E-state index is 0.139. The van der Waals surface area contributed by atoms with Gasteiger partial charge in [0.1, 0.15) is 0 Å². The van der Waals surface area contributed by atoms with Crippen LogP contribution >= 0.6 is 0 Å². The molecule has 1 aromatic carbocycles. The van der Waals surface area contributed by atoms with Crippen molar-refractivity contribution in [1.82, 2.24) is 4.90 Å². The van der Waals surface area contributed by atoms with Crippen LogP contribution in [0.15, 0.2) is 24.3 Å². The van der Waals surface area contributed by atoms with Gasteiger partial charge in [-0.15, -0.1) is 0 Å². The zero-order valence-corrected chi connectivity index (χ0v) is 11.4. The normalized spacial score (nSPS) is 17.3. The Labute approximate surface area is 111 Å². The predicted molar refractivity (Wildman–Crippen MR) is 75.3 cm³/mol. The van der Waals surface area contributed by atoms with Gasteiger partial charge in [0.2, 0.25) is 0 Å². The molecular formula is C16H25NO. The topological polar surface area (TPSA) is 23.5 Å². The molecule has 100 valence electrons. The van der Waals surface area contributed by atoms with Crippen molar-refractivity contribution in [2.75, 3.05) is 6.54 Å². The average Bonchev–Trinajstić information content (AvgIpc) is 2.46. The maximum Gasteiger partial charge on any atom is 0.0681 e. The Morgan fingerprint density at radius 1 is 1.06 bits per heavy atom. The Morgan fingerprint density at radius 3 is 2.22 bits per heavy atom. The quantitative estimate of drug-likeness (QED) is 0.862. The van der Waals surface area contributed by atoms with Gasteiger partial charge < -0.3 is 5.11 Å². The lowest BCUT2D eigenvalue weighted by Gasteiger charge is -2.33. The van der Waals surface area contributed by atoms with Crippen LogP contribution in [0.1, 0.15) is 50.2 Å². The summed E-state index contributed by atoms with van der Waals surface area (Å²) in [6.07, 6.45) is 6.93. The third kappa shape index (κ3) is 3.56. The highest BCUT2D eigenvalue weighted by Gasteiger charge is 2.19. The minimum Gasteiger partial charge on any atom is -0.392 e. The van der Waals surface area contributed by atoms with E-state index in [9.17, 15) is 0 Å². The SMILES string of the molecule is CCN(Cc1ccc(CO)cc1)C1CCCCC1. The molecule has 0 aromatic heterocycles. The molecular weight excluding hydrogens is 222 g/mol. The summed E-state index contributed by atoms with van der Waals surface area (Å²) in [5, 5.41) is 9.05. The summed E-state index contributed by atoms with van der Waals surface area (Å²) in [5.74, 6) is 0. The number of benzene rings is 1. The largest absolute Gasteiger partial charge is 0.392 e. The van der Waals surface area contributed by atoms with Crippen LogP contribution in [0.25, 0.3) is 0 Å².